The van der Waals surface area contributed by atoms with E-state index in [1.807, 2.05) is 19.2 Å². The predicted molar refractivity (Wildman–Crippen MR) is 115 cm³/mol. The normalized spacial score (nSPS) is 24.3. The van der Waals surface area contributed by atoms with E-state index in [-0.39, 0.29) is 24.0 Å². The van der Waals surface area contributed by atoms with Gasteiger partial charge in [0.25, 0.3) is 0 Å². The highest BCUT2D eigenvalue weighted by Gasteiger charge is 2.26. The minimum atomic E-state index is 0. The number of likely N-dealkylation sites (tertiary alicyclic amines) is 1. The summed E-state index contributed by atoms with van der Waals surface area (Å²) in [6.07, 6.45) is 5.39. The van der Waals surface area contributed by atoms with Crippen LogP contribution in [0.1, 0.15) is 19.3 Å². The third-order valence-corrected chi connectivity index (χ3v) is 5.26. The van der Waals surface area contributed by atoms with Crippen molar-refractivity contribution in [2.24, 2.45) is 4.99 Å². The molecule has 2 fully saturated rings. The number of halogens is 2. The van der Waals surface area contributed by atoms with E-state index < -0.39 is 0 Å². The number of guanidine groups is 1. The van der Waals surface area contributed by atoms with Crippen molar-refractivity contribution in [3.05, 3.63) is 23.4 Å². The van der Waals surface area contributed by atoms with E-state index in [9.17, 15) is 0 Å². The molecule has 1 aromatic rings. The van der Waals surface area contributed by atoms with Crippen LogP contribution in [0.2, 0.25) is 5.02 Å². The van der Waals surface area contributed by atoms with Crippen molar-refractivity contribution in [1.82, 2.24) is 20.5 Å². The maximum atomic E-state index is 6.26. The summed E-state index contributed by atoms with van der Waals surface area (Å²) in [5.74, 6) is 1.76. The molecule has 0 radical (unpaired) electrons. The quantitative estimate of drug-likeness (QED) is 0.395. The lowest BCUT2D eigenvalue weighted by Gasteiger charge is -2.23. The number of likely N-dealkylation sites (N-methyl/N-ethyl adjacent to an activating group) is 1. The summed E-state index contributed by atoms with van der Waals surface area (Å²) in [4.78, 5) is 13.4. The molecule has 0 amide bonds. The number of pyridine rings is 1. The number of anilines is 1. The molecule has 1 aromatic heterocycles. The Morgan fingerprint density at radius 1 is 1.40 bits per heavy atom. The smallest absolute Gasteiger partial charge is 0.191 e. The molecular weight excluding hydrogens is 451 g/mol. The molecule has 3 rings (SSSR count). The summed E-state index contributed by atoms with van der Waals surface area (Å²) in [7, 11) is 4.02. The molecule has 6 nitrogen and oxygen atoms in total. The Bertz CT molecular complexity index is 584. The zero-order chi connectivity index (χ0) is 16.9. The third-order valence-electron chi connectivity index (χ3n) is 4.97. The molecule has 2 unspecified atom stereocenters. The van der Waals surface area contributed by atoms with E-state index in [2.05, 4.69) is 37.5 Å². The number of hydrogen-bond donors (Lipinski definition) is 2. The van der Waals surface area contributed by atoms with Crippen LogP contribution in [0.15, 0.2) is 23.3 Å². The van der Waals surface area contributed by atoms with Gasteiger partial charge < -0.3 is 20.4 Å². The van der Waals surface area contributed by atoms with Gasteiger partial charge in [-0.1, -0.05) is 11.6 Å². The second kappa shape index (κ2) is 9.78. The highest BCUT2D eigenvalue weighted by Crippen LogP contribution is 2.25. The van der Waals surface area contributed by atoms with Gasteiger partial charge in [-0.25, -0.2) is 4.98 Å². The zero-order valence-electron chi connectivity index (χ0n) is 14.9. The van der Waals surface area contributed by atoms with Crippen LogP contribution in [0.4, 0.5) is 5.82 Å². The average Bonchev–Trinajstić information content (AvgIpc) is 3.21. The summed E-state index contributed by atoms with van der Waals surface area (Å²) < 4.78 is 0. The van der Waals surface area contributed by atoms with E-state index in [1.54, 1.807) is 6.20 Å². The molecule has 0 bridgehead atoms. The molecule has 0 spiro atoms. The van der Waals surface area contributed by atoms with E-state index in [0.29, 0.717) is 17.1 Å². The molecule has 2 atom stereocenters. The largest absolute Gasteiger partial charge is 0.355 e. The Kier molecular flexibility index (Phi) is 8.02. The molecule has 0 saturated carbocycles. The number of aliphatic imine (C=N–C) groups is 1. The molecule has 2 N–H and O–H groups in total. The first-order valence-electron chi connectivity index (χ1n) is 8.70. The van der Waals surface area contributed by atoms with Crippen molar-refractivity contribution in [1.29, 1.82) is 0 Å². The summed E-state index contributed by atoms with van der Waals surface area (Å²) >= 11 is 6.26. The maximum Gasteiger partial charge on any atom is 0.191 e. The van der Waals surface area contributed by atoms with Crippen LogP contribution in [-0.4, -0.2) is 68.2 Å². The Morgan fingerprint density at radius 3 is 2.92 bits per heavy atom. The van der Waals surface area contributed by atoms with Crippen LogP contribution in [0.5, 0.6) is 0 Å². The van der Waals surface area contributed by atoms with Gasteiger partial charge in [0.1, 0.15) is 5.82 Å². The molecule has 3 heterocycles. The van der Waals surface area contributed by atoms with Crippen LogP contribution >= 0.6 is 35.6 Å². The molecule has 0 aromatic carbocycles. The van der Waals surface area contributed by atoms with Crippen molar-refractivity contribution in [2.45, 2.75) is 31.3 Å². The molecule has 140 valence electrons. The van der Waals surface area contributed by atoms with Crippen LogP contribution < -0.4 is 15.5 Å². The SMILES string of the molecule is CN=C(NCC1CCCN1C)NC1CCN(c2ncccc2Cl)C1.I. The van der Waals surface area contributed by atoms with E-state index in [4.69, 9.17) is 11.6 Å². The van der Waals surface area contributed by atoms with Crippen molar-refractivity contribution < 1.29 is 0 Å². The molecular formula is C17H28ClIN6. The molecule has 2 aliphatic heterocycles. The fraction of sp³-hybridized carbons (Fsp3) is 0.647. The predicted octanol–water partition coefficient (Wildman–Crippen LogP) is 2.19. The summed E-state index contributed by atoms with van der Waals surface area (Å²) in [5.41, 5.74) is 0. The number of aromatic nitrogens is 1. The van der Waals surface area contributed by atoms with Crippen molar-refractivity contribution in [2.75, 3.05) is 45.2 Å². The van der Waals surface area contributed by atoms with Gasteiger partial charge >= 0.3 is 0 Å². The monoisotopic (exact) mass is 478 g/mol. The summed E-state index contributed by atoms with van der Waals surface area (Å²) in [6.45, 7) is 3.98. The Morgan fingerprint density at radius 2 is 2.24 bits per heavy atom. The first-order valence-corrected chi connectivity index (χ1v) is 9.08. The topological polar surface area (TPSA) is 55.8 Å². The molecule has 2 aliphatic rings. The van der Waals surface area contributed by atoms with Crippen molar-refractivity contribution >= 4 is 47.4 Å². The van der Waals surface area contributed by atoms with Crippen LogP contribution in [0.25, 0.3) is 0 Å². The second-order valence-electron chi connectivity index (χ2n) is 6.61. The average molecular weight is 479 g/mol. The fourth-order valence-corrected chi connectivity index (χ4v) is 3.76. The minimum Gasteiger partial charge on any atom is -0.355 e. The lowest BCUT2D eigenvalue weighted by Crippen LogP contribution is -2.48. The highest BCUT2D eigenvalue weighted by molar-refractivity contribution is 14.0. The van der Waals surface area contributed by atoms with Gasteiger partial charge in [0.05, 0.1) is 5.02 Å². The van der Waals surface area contributed by atoms with Crippen LogP contribution in [-0.2, 0) is 0 Å². The second-order valence-corrected chi connectivity index (χ2v) is 7.02. The van der Waals surface area contributed by atoms with Gasteiger partial charge in [-0.15, -0.1) is 24.0 Å². The molecule has 25 heavy (non-hydrogen) atoms. The summed E-state index contributed by atoms with van der Waals surface area (Å²) in [6, 6.07) is 4.72. The van der Waals surface area contributed by atoms with Gasteiger partial charge in [-0.2, -0.15) is 0 Å². The molecule has 0 aliphatic carbocycles. The zero-order valence-corrected chi connectivity index (χ0v) is 18.0. The third kappa shape index (κ3) is 5.34. The number of rotatable bonds is 4. The van der Waals surface area contributed by atoms with Crippen molar-refractivity contribution in [3.8, 4) is 0 Å². The van der Waals surface area contributed by atoms with Gasteiger partial charge in [-0.3, -0.25) is 4.99 Å². The number of nitrogens with zero attached hydrogens (tertiary/aromatic N) is 4. The van der Waals surface area contributed by atoms with Crippen LogP contribution in [0.3, 0.4) is 0 Å². The molecule has 8 heteroatoms. The van der Waals surface area contributed by atoms with Gasteiger partial charge in [0.15, 0.2) is 5.96 Å². The van der Waals surface area contributed by atoms with E-state index >= 15 is 0 Å². The lowest BCUT2D eigenvalue weighted by atomic mass is 10.2. The van der Waals surface area contributed by atoms with Crippen LogP contribution in [0, 0.1) is 0 Å². The fourth-order valence-electron chi connectivity index (χ4n) is 3.52. The standard InChI is InChI=1S/C17H27ClN6.HI/c1-19-17(21-11-14-5-4-9-23(14)2)22-13-7-10-24(12-13)16-15(18)6-3-8-20-16;/h3,6,8,13-14H,4-5,7,9-12H2,1-2H3,(H2,19,21,22);1H. The Balaban J connectivity index is 0.00000225. The number of nitrogens with one attached hydrogen (secondary N) is 2. The number of hydrogen-bond acceptors (Lipinski definition) is 4. The molecule has 2 saturated heterocycles. The Hall–Kier alpha value is -0.800. The first-order chi connectivity index (χ1) is 11.7. The lowest BCUT2D eigenvalue weighted by molar-refractivity contribution is 0.309. The summed E-state index contributed by atoms with van der Waals surface area (Å²) in [5, 5.41) is 7.72. The minimum absolute atomic E-state index is 0. The van der Waals surface area contributed by atoms with E-state index in [1.165, 1.54) is 19.4 Å². The van der Waals surface area contributed by atoms with Crippen molar-refractivity contribution in [3.63, 3.8) is 0 Å². The van der Waals surface area contributed by atoms with E-state index in [0.717, 1.165) is 37.8 Å². The maximum absolute atomic E-state index is 6.26. The highest BCUT2D eigenvalue weighted by atomic mass is 127. The van der Waals surface area contributed by atoms with Gasteiger partial charge in [0, 0.05) is 45.0 Å². The van der Waals surface area contributed by atoms with Gasteiger partial charge in [-0.05, 0) is 45.0 Å². The first kappa shape index (κ1) is 20.5. The van der Waals surface area contributed by atoms with Gasteiger partial charge in [0.2, 0.25) is 0 Å². The Labute approximate surface area is 172 Å².